The number of aromatic nitrogens is 1. The molecule has 0 unspecified atom stereocenters. The predicted octanol–water partition coefficient (Wildman–Crippen LogP) is 2.09. The summed E-state index contributed by atoms with van der Waals surface area (Å²) in [4.78, 5) is 8.53. The Bertz CT molecular complexity index is 443. The van der Waals surface area contributed by atoms with Gasteiger partial charge in [0.1, 0.15) is 0 Å². The zero-order valence-corrected chi connectivity index (χ0v) is 12.4. The Morgan fingerprint density at radius 2 is 2.35 bits per heavy atom. The topological polar surface area (TPSA) is 58.5 Å². The first kappa shape index (κ1) is 14.6. The number of rotatable bonds is 7. The van der Waals surface area contributed by atoms with Crippen molar-refractivity contribution in [3.63, 3.8) is 0 Å². The molecule has 1 aromatic rings. The molecule has 0 aliphatic heterocycles. The van der Waals surface area contributed by atoms with E-state index in [2.05, 4.69) is 27.5 Å². The number of unbranched alkanes of at least 4 members (excludes halogenated alkanes) is 1. The van der Waals surface area contributed by atoms with E-state index in [1.54, 1.807) is 13.2 Å². The molecule has 0 amide bonds. The molecule has 1 saturated carbocycles. The monoisotopic (exact) mass is 276 g/mol. The Morgan fingerprint density at radius 3 is 3.05 bits per heavy atom. The number of hydrogen-bond acceptors (Lipinski definition) is 3. The molecule has 20 heavy (non-hydrogen) atoms. The molecular formula is C15H24N4O. The van der Waals surface area contributed by atoms with Gasteiger partial charge in [0.2, 0.25) is 5.88 Å². The molecule has 0 bridgehead atoms. The maximum absolute atomic E-state index is 5.73. The highest BCUT2D eigenvalue weighted by atomic mass is 16.5. The van der Waals surface area contributed by atoms with E-state index in [9.17, 15) is 0 Å². The predicted molar refractivity (Wildman–Crippen MR) is 81.0 cm³/mol. The van der Waals surface area contributed by atoms with Crippen molar-refractivity contribution in [3.8, 4) is 5.88 Å². The first-order chi connectivity index (χ1) is 9.83. The van der Waals surface area contributed by atoms with Crippen molar-refractivity contribution in [2.75, 3.05) is 13.7 Å². The average molecular weight is 276 g/mol. The van der Waals surface area contributed by atoms with E-state index in [1.807, 2.05) is 12.1 Å². The van der Waals surface area contributed by atoms with Crippen LogP contribution in [0.25, 0.3) is 0 Å². The van der Waals surface area contributed by atoms with Crippen molar-refractivity contribution in [1.82, 2.24) is 15.6 Å². The molecule has 1 heterocycles. The minimum Gasteiger partial charge on any atom is -0.477 e. The molecule has 5 heteroatoms. The number of hydrogen-bond donors (Lipinski definition) is 2. The smallest absolute Gasteiger partial charge is 0.218 e. The second-order valence-electron chi connectivity index (χ2n) is 5.01. The largest absolute Gasteiger partial charge is 0.477 e. The first-order valence-corrected chi connectivity index (χ1v) is 7.37. The van der Waals surface area contributed by atoms with Crippen LogP contribution < -0.4 is 15.4 Å². The van der Waals surface area contributed by atoms with Crippen molar-refractivity contribution in [1.29, 1.82) is 0 Å². The van der Waals surface area contributed by atoms with Crippen LogP contribution in [0.1, 0.15) is 38.2 Å². The van der Waals surface area contributed by atoms with Crippen LogP contribution in [-0.4, -0.2) is 30.6 Å². The van der Waals surface area contributed by atoms with Gasteiger partial charge in [0.15, 0.2) is 5.96 Å². The van der Waals surface area contributed by atoms with Gasteiger partial charge < -0.3 is 15.4 Å². The number of pyridine rings is 1. The summed E-state index contributed by atoms with van der Waals surface area (Å²) in [6.07, 6.45) is 6.41. The quantitative estimate of drug-likeness (QED) is 0.455. The van der Waals surface area contributed by atoms with Crippen molar-refractivity contribution in [3.05, 3.63) is 23.9 Å². The summed E-state index contributed by atoms with van der Waals surface area (Å²) in [5.41, 5.74) is 1.06. The minimum atomic E-state index is 0.593. The summed E-state index contributed by atoms with van der Waals surface area (Å²) in [5, 5.41) is 6.67. The van der Waals surface area contributed by atoms with Crippen LogP contribution in [0.3, 0.4) is 0 Å². The highest BCUT2D eigenvalue weighted by molar-refractivity contribution is 5.80. The molecule has 1 aliphatic carbocycles. The molecule has 0 spiro atoms. The number of ether oxygens (including phenoxy) is 1. The molecule has 0 aromatic carbocycles. The summed E-state index contributed by atoms with van der Waals surface area (Å²) in [6, 6.07) is 4.56. The van der Waals surface area contributed by atoms with Gasteiger partial charge in [-0.1, -0.05) is 19.4 Å². The standard InChI is InChI=1S/C15H24N4O/c1-3-4-10-20-14-12(6-5-9-17-14)11-18-15(16-2)19-13-7-8-13/h5-6,9,13H,3-4,7-8,10-11H2,1-2H3,(H2,16,18,19). The maximum atomic E-state index is 5.73. The lowest BCUT2D eigenvalue weighted by Gasteiger charge is -2.13. The summed E-state index contributed by atoms with van der Waals surface area (Å²) < 4.78 is 5.73. The van der Waals surface area contributed by atoms with E-state index in [0.29, 0.717) is 12.6 Å². The van der Waals surface area contributed by atoms with Gasteiger partial charge in [0, 0.05) is 31.4 Å². The van der Waals surface area contributed by atoms with E-state index < -0.39 is 0 Å². The fourth-order valence-electron chi connectivity index (χ4n) is 1.80. The van der Waals surface area contributed by atoms with Gasteiger partial charge >= 0.3 is 0 Å². The summed E-state index contributed by atoms with van der Waals surface area (Å²) >= 11 is 0. The van der Waals surface area contributed by atoms with Gasteiger partial charge in [-0.25, -0.2) is 4.98 Å². The SMILES string of the molecule is CCCCOc1ncccc1CNC(=NC)NC1CC1. The van der Waals surface area contributed by atoms with Crippen LogP contribution in [0.4, 0.5) is 0 Å². The molecule has 0 radical (unpaired) electrons. The van der Waals surface area contributed by atoms with Gasteiger partial charge in [-0.3, -0.25) is 4.99 Å². The normalized spacial score (nSPS) is 15.0. The highest BCUT2D eigenvalue weighted by Crippen LogP contribution is 2.18. The lowest BCUT2D eigenvalue weighted by Crippen LogP contribution is -2.38. The first-order valence-electron chi connectivity index (χ1n) is 7.37. The third-order valence-corrected chi connectivity index (χ3v) is 3.17. The van der Waals surface area contributed by atoms with Crippen LogP contribution >= 0.6 is 0 Å². The average Bonchev–Trinajstić information content (AvgIpc) is 3.29. The Hall–Kier alpha value is -1.78. The Kier molecular flexibility index (Phi) is 5.65. The minimum absolute atomic E-state index is 0.593. The van der Waals surface area contributed by atoms with Gasteiger partial charge in [-0.2, -0.15) is 0 Å². The summed E-state index contributed by atoms with van der Waals surface area (Å²) in [5.74, 6) is 1.56. The number of guanidine groups is 1. The zero-order chi connectivity index (χ0) is 14.2. The van der Waals surface area contributed by atoms with Crippen molar-refractivity contribution in [2.24, 2.45) is 4.99 Å². The lowest BCUT2D eigenvalue weighted by atomic mass is 10.2. The van der Waals surface area contributed by atoms with Crippen LogP contribution in [0.15, 0.2) is 23.3 Å². The van der Waals surface area contributed by atoms with Crippen molar-refractivity contribution in [2.45, 2.75) is 45.2 Å². The molecule has 2 N–H and O–H groups in total. The van der Waals surface area contributed by atoms with Gasteiger partial charge in [-0.05, 0) is 25.3 Å². The fraction of sp³-hybridized carbons (Fsp3) is 0.600. The van der Waals surface area contributed by atoms with Crippen molar-refractivity contribution >= 4 is 5.96 Å². The molecule has 1 fully saturated rings. The lowest BCUT2D eigenvalue weighted by molar-refractivity contribution is 0.294. The van der Waals surface area contributed by atoms with Crippen LogP contribution in [0, 0.1) is 0 Å². The second kappa shape index (κ2) is 7.72. The number of nitrogens with one attached hydrogen (secondary N) is 2. The third kappa shape index (κ3) is 4.72. The maximum Gasteiger partial charge on any atom is 0.218 e. The summed E-state index contributed by atoms with van der Waals surface area (Å²) in [6.45, 7) is 3.54. The van der Waals surface area contributed by atoms with Gasteiger partial charge in [0.05, 0.1) is 6.61 Å². The van der Waals surface area contributed by atoms with E-state index in [1.165, 1.54) is 12.8 Å². The zero-order valence-electron chi connectivity index (χ0n) is 12.4. The van der Waals surface area contributed by atoms with Crippen LogP contribution in [0.5, 0.6) is 5.88 Å². The summed E-state index contributed by atoms with van der Waals surface area (Å²) in [7, 11) is 1.79. The van der Waals surface area contributed by atoms with Gasteiger partial charge in [0.25, 0.3) is 0 Å². The highest BCUT2D eigenvalue weighted by Gasteiger charge is 2.22. The third-order valence-electron chi connectivity index (χ3n) is 3.17. The number of nitrogens with zero attached hydrogens (tertiary/aromatic N) is 2. The number of aliphatic imine (C=N–C) groups is 1. The fourth-order valence-corrected chi connectivity index (χ4v) is 1.80. The van der Waals surface area contributed by atoms with Gasteiger partial charge in [-0.15, -0.1) is 0 Å². The van der Waals surface area contributed by atoms with Crippen LogP contribution in [-0.2, 0) is 6.54 Å². The molecule has 2 rings (SSSR count). The van der Waals surface area contributed by atoms with E-state index >= 15 is 0 Å². The van der Waals surface area contributed by atoms with Crippen LogP contribution in [0.2, 0.25) is 0 Å². The van der Waals surface area contributed by atoms with E-state index in [0.717, 1.165) is 36.9 Å². The molecule has 0 atom stereocenters. The molecule has 5 nitrogen and oxygen atoms in total. The van der Waals surface area contributed by atoms with E-state index in [4.69, 9.17) is 4.74 Å². The molecule has 110 valence electrons. The Balaban J connectivity index is 1.87. The molecular weight excluding hydrogens is 252 g/mol. The van der Waals surface area contributed by atoms with E-state index in [-0.39, 0.29) is 0 Å². The molecule has 0 saturated heterocycles. The Labute approximate surface area is 120 Å². The Morgan fingerprint density at radius 1 is 1.50 bits per heavy atom. The second-order valence-corrected chi connectivity index (χ2v) is 5.01. The molecule has 1 aromatic heterocycles. The van der Waals surface area contributed by atoms with Crippen molar-refractivity contribution < 1.29 is 4.74 Å². The molecule has 1 aliphatic rings.